The summed E-state index contributed by atoms with van der Waals surface area (Å²) in [4.78, 5) is 0. The smallest absolute Gasteiger partial charge is 0.399 e. The van der Waals surface area contributed by atoms with Crippen LogP contribution in [0.15, 0.2) is 66.3 Å². The highest BCUT2D eigenvalue weighted by atomic mass is 19.4. The minimum Gasteiger partial charge on any atom is -0.399 e. The summed E-state index contributed by atoms with van der Waals surface area (Å²) < 4.78 is 128. The molecule has 0 radical (unpaired) electrons. The Balaban J connectivity index is 1.61. The van der Waals surface area contributed by atoms with Gasteiger partial charge in [-0.15, -0.1) is 13.2 Å². The second-order valence-electron chi connectivity index (χ2n) is 9.10. The van der Waals surface area contributed by atoms with Gasteiger partial charge in [0.05, 0.1) is 0 Å². The Kier molecular flexibility index (Phi) is 8.46. The highest BCUT2D eigenvalue weighted by molar-refractivity contribution is 5.84. The topological polar surface area (TPSA) is 9.23 Å². The second kappa shape index (κ2) is 11.7. The van der Waals surface area contributed by atoms with Crippen molar-refractivity contribution in [2.75, 3.05) is 0 Å². The van der Waals surface area contributed by atoms with E-state index in [4.69, 9.17) is 0 Å². The molecule has 4 rings (SSSR count). The zero-order valence-electron chi connectivity index (χ0n) is 20.9. The predicted octanol–water partition coefficient (Wildman–Crippen LogP) is 10.5. The number of rotatable bonds is 7. The monoisotopic (exact) mass is 568 g/mol. The fourth-order valence-electron chi connectivity index (χ4n) is 4.40. The zero-order valence-corrected chi connectivity index (χ0v) is 20.9. The van der Waals surface area contributed by atoms with Gasteiger partial charge in [0.2, 0.25) is 5.75 Å². The summed E-state index contributed by atoms with van der Waals surface area (Å²) in [6.45, 7) is 2.07. The molecule has 3 aromatic carbocycles. The van der Waals surface area contributed by atoms with Gasteiger partial charge in [0, 0.05) is 16.7 Å². The standard InChI is InChI=1S/C30H21F9O/c1-2-3-16-4-6-17(7-5-16)18-8-11-22(24(32)12-18)28(36)27(35)19-9-10-21(23(31)13-19)20-14-25(33)29(26(34)15-20)40-30(37,38)39/h4,6,8-15H,2-3,5,7H2,1H3/b28-27+. The fourth-order valence-corrected chi connectivity index (χ4v) is 4.40. The van der Waals surface area contributed by atoms with Crippen LogP contribution in [0.2, 0.25) is 0 Å². The molecule has 0 saturated carbocycles. The molecule has 0 unspecified atom stereocenters. The molecule has 0 spiro atoms. The molecule has 0 saturated heterocycles. The van der Waals surface area contributed by atoms with E-state index in [1.807, 2.05) is 12.2 Å². The normalized spacial score (nSPS) is 14.4. The summed E-state index contributed by atoms with van der Waals surface area (Å²) in [6.07, 6.45) is 1.94. The van der Waals surface area contributed by atoms with Gasteiger partial charge in [-0.3, -0.25) is 0 Å². The van der Waals surface area contributed by atoms with Gasteiger partial charge in [0.15, 0.2) is 23.3 Å². The van der Waals surface area contributed by atoms with Crippen molar-refractivity contribution >= 4 is 17.2 Å². The maximum Gasteiger partial charge on any atom is 0.573 e. The summed E-state index contributed by atoms with van der Waals surface area (Å²) >= 11 is 0. The van der Waals surface area contributed by atoms with E-state index in [-0.39, 0.29) is 0 Å². The molecule has 210 valence electrons. The van der Waals surface area contributed by atoms with Gasteiger partial charge in [0.25, 0.3) is 0 Å². The van der Waals surface area contributed by atoms with E-state index in [9.17, 15) is 39.5 Å². The third kappa shape index (κ3) is 6.43. The lowest BCUT2D eigenvalue weighted by atomic mass is 9.91. The SMILES string of the molecule is CCCC1=CC=C(c2ccc(/C(F)=C(\F)c3ccc(-c4cc(F)c(OC(F)(F)F)c(F)c4)c(F)c3)c(F)c2)CC1. The van der Waals surface area contributed by atoms with Gasteiger partial charge in [-0.1, -0.05) is 49.3 Å². The number of allylic oxidation sites excluding steroid dienone is 4. The maximum atomic E-state index is 14.9. The first-order valence-electron chi connectivity index (χ1n) is 12.2. The van der Waals surface area contributed by atoms with E-state index in [0.29, 0.717) is 30.2 Å². The molecule has 0 aromatic heterocycles. The number of hydrogen-bond acceptors (Lipinski definition) is 1. The summed E-state index contributed by atoms with van der Waals surface area (Å²) in [5.74, 6) is -10.7. The van der Waals surface area contributed by atoms with Crippen LogP contribution >= 0.6 is 0 Å². The van der Waals surface area contributed by atoms with Crippen LogP contribution in [-0.4, -0.2) is 6.36 Å². The van der Waals surface area contributed by atoms with Gasteiger partial charge in [0.1, 0.15) is 11.6 Å². The second-order valence-corrected chi connectivity index (χ2v) is 9.10. The summed E-state index contributed by atoms with van der Waals surface area (Å²) in [5.41, 5.74) is 0.286. The fraction of sp³-hybridized carbons (Fsp3) is 0.200. The minimum absolute atomic E-state index is 0.397. The first-order valence-corrected chi connectivity index (χ1v) is 12.2. The van der Waals surface area contributed by atoms with Crippen LogP contribution < -0.4 is 4.74 Å². The summed E-state index contributed by atoms with van der Waals surface area (Å²) in [6, 6.07) is 6.66. The Hall–Kier alpha value is -3.95. The van der Waals surface area contributed by atoms with E-state index < -0.39 is 69.3 Å². The van der Waals surface area contributed by atoms with E-state index in [1.54, 1.807) is 0 Å². The molecule has 3 aromatic rings. The van der Waals surface area contributed by atoms with Crippen molar-refractivity contribution in [1.82, 2.24) is 0 Å². The molecule has 0 fully saturated rings. The van der Waals surface area contributed by atoms with Crippen LogP contribution in [-0.2, 0) is 0 Å². The molecule has 1 aliphatic carbocycles. The van der Waals surface area contributed by atoms with Crippen LogP contribution in [0.1, 0.15) is 49.3 Å². The molecule has 0 heterocycles. The van der Waals surface area contributed by atoms with Crippen molar-refractivity contribution in [1.29, 1.82) is 0 Å². The molecule has 0 aliphatic heterocycles. The molecule has 0 bridgehead atoms. The largest absolute Gasteiger partial charge is 0.573 e. The van der Waals surface area contributed by atoms with Crippen LogP contribution in [0.3, 0.4) is 0 Å². The molecular formula is C30H21F9O. The van der Waals surface area contributed by atoms with Gasteiger partial charge < -0.3 is 4.74 Å². The Morgan fingerprint density at radius 2 is 1.43 bits per heavy atom. The Morgan fingerprint density at radius 1 is 0.750 bits per heavy atom. The first kappa shape index (κ1) is 29.0. The Labute approximate surface area is 223 Å². The van der Waals surface area contributed by atoms with Crippen LogP contribution in [0.4, 0.5) is 39.5 Å². The predicted molar refractivity (Wildman–Crippen MR) is 134 cm³/mol. The Bertz CT molecular complexity index is 1510. The van der Waals surface area contributed by atoms with Crippen molar-refractivity contribution in [3.05, 3.63) is 106 Å². The summed E-state index contributed by atoms with van der Waals surface area (Å²) in [5, 5.41) is 0. The highest BCUT2D eigenvalue weighted by Gasteiger charge is 2.34. The van der Waals surface area contributed by atoms with Crippen molar-refractivity contribution < 1.29 is 44.3 Å². The van der Waals surface area contributed by atoms with Gasteiger partial charge in [-0.25, -0.2) is 26.3 Å². The third-order valence-corrected chi connectivity index (χ3v) is 6.33. The van der Waals surface area contributed by atoms with E-state index in [1.165, 1.54) is 11.6 Å². The number of alkyl halides is 3. The van der Waals surface area contributed by atoms with Gasteiger partial charge in [-0.05, 0) is 66.3 Å². The molecule has 1 nitrogen and oxygen atoms in total. The lowest BCUT2D eigenvalue weighted by Gasteiger charge is -2.15. The third-order valence-electron chi connectivity index (χ3n) is 6.33. The molecule has 0 N–H and O–H groups in total. The van der Waals surface area contributed by atoms with Crippen LogP contribution in [0.5, 0.6) is 5.75 Å². The summed E-state index contributed by atoms with van der Waals surface area (Å²) in [7, 11) is 0. The maximum absolute atomic E-state index is 14.9. The molecule has 0 atom stereocenters. The highest BCUT2D eigenvalue weighted by Crippen LogP contribution is 2.37. The van der Waals surface area contributed by atoms with E-state index >= 15 is 0 Å². The minimum atomic E-state index is -5.37. The van der Waals surface area contributed by atoms with Crippen molar-refractivity contribution in [2.24, 2.45) is 0 Å². The van der Waals surface area contributed by atoms with Crippen molar-refractivity contribution in [2.45, 2.75) is 39.0 Å². The number of benzene rings is 3. The average molecular weight is 568 g/mol. The number of ether oxygens (including phenoxy) is 1. The van der Waals surface area contributed by atoms with Crippen molar-refractivity contribution in [3.8, 4) is 16.9 Å². The lowest BCUT2D eigenvalue weighted by molar-refractivity contribution is -0.276. The first-order chi connectivity index (χ1) is 18.9. The van der Waals surface area contributed by atoms with Gasteiger partial charge in [-0.2, -0.15) is 0 Å². The number of hydrogen-bond donors (Lipinski definition) is 0. The van der Waals surface area contributed by atoms with E-state index in [0.717, 1.165) is 49.1 Å². The van der Waals surface area contributed by atoms with Crippen molar-refractivity contribution in [3.63, 3.8) is 0 Å². The Morgan fingerprint density at radius 3 is 1.98 bits per heavy atom. The van der Waals surface area contributed by atoms with Crippen LogP contribution in [0, 0.1) is 23.3 Å². The zero-order chi connectivity index (χ0) is 29.2. The quantitative estimate of drug-likeness (QED) is 0.204. The molecule has 10 heteroatoms. The number of halogens is 9. The molecular weight excluding hydrogens is 547 g/mol. The average Bonchev–Trinajstić information content (AvgIpc) is 2.90. The van der Waals surface area contributed by atoms with E-state index in [2.05, 4.69) is 11.7 Å². The molecule has 1 aliphatic rings. The van der Waals surface area contributed by atoms with Gasteiger partial charge >= 0.3 is 6.36 Å². The van der Waals surface area contributed by atoms with Crippen LogP contribution in [0.25, 0.3) is 28.4 Å². The molecule has 0 amide bonds. The lowest BCUT2D eigenvalue weighted by Crippen LogP contribution is -2.19. The molecule has 40 heavy (non-hydrogen) atoms.